The normalized spacial score (nSPS) is 15.9. The van der Waals surface area contributed by atoms with E-state index >= 15 is 0 Å². The van der Waals surface area contributed by atoms with Gasteiger partial charge in [-0.05, 0) is 55.2 Å². The van der Waals surface area contributed by atoms with Crippen LogP contribution in [-0.2, 0) is 6.42 Å². The molecule has 1 saturated heterocycles. The highest BCUT2D eigenvalue weighted by Gasteiger charge is 2.22. The monoisotopic (exact) mass is 358 g/mol. The van der Waals surface area contributed by atoms with E-state index in [0.29, 0.717) is 11.8 Å². The summed E-state index contributed by atoms with van der Waals surface area (Å²) in [5.41, 5.74) is 4.79. The lowest BCUT2D eigenvalue weighted by Crippen LogP contribution is -2.17. The first kappa shape index (κ1) is 16.1. The Morgan fingerprint density at radius 1 is 0.889 bits per heavy atom. The van der Waals surface area contributed by atoms with Crippen LogP contribution < -0.4 is 15.1 Å². The number of nitrogens with zero attached hydrogens (tertiary/aromatic N) is 5. The van der Waals surface area contributed by atoms with Crippen LogP contribution in [-0.4, -0.2) is 34.8 Å². The molecule has 0 saturated carbocycles. The molecule has 6 nitrogen and oxygen atoms in total. The van der Waals surface area contributed by atoms with Gasteiger partial charge in [-0.2, -0.15) is 10.1 Å². The van der Waals surface area contributed by atoms with Gasteiger partial charge in [0.05, 0.1) is 6.20 Å². The molecule has 0 unspecified atom stereocenters. The van der Waals surface area contributed by atoms with Crippen molar-refractivity contribution in [2.75, 3.05) is 34.8 Å². The summed E-state index contributed by atoms with van der Waals surface area (Å²) < 4.78 is 0. The first-order chi connectivity index (χ1) is 13.4. The third-order valence-corrected chi connectivity index (χ3v) is 5.29. The minimum atomic E-state index is 0.638. The predicted octanol–water partition coefficient (Wildman–Crippen LogP) is 3.91. The van der Waals surface area contributed by atoms with Gasteiger partial charge in [0, 0.05) is 36.7 Å². The molecule has 1 aromatic heterocycles. The SMILES string of the molecule is c1ccc2c(c1)CCN2c1nncc(Nc2ccc(N3CCCC3)cc2)n1. The van der Waals surface area contributed by atoms with Crippen molar-refractivity contribution in [3.05, 3.63) is 60.3 Å². The van der Waals surface area contributed by atoms with Crippen LogP contribution in [0.5, 0.6) is 0 Å². The molecule has 6 heteroatoms. The second-order valence-corrected chi connectivity index (χ2v) is 7.04. The average molecular weight is 358 g/mol. The minimum Gasteiger partial charge on any atom is -0.372 e. The number of anilines is 5. The molecule has 2 aliphatic rings. The van der Waals surface area contributed by atoms with Gasteiger partial charge in [-0.1, -0.05) is 18.2 Å². The summed E-state index contributed by atoms with van der Waals surface area (Å²) in [7, 11) is 0. The van der Waals surface area contributed by atoms with Crippen molar-refractivity contribution in [3.8, 4) is 0 Å². The Hall–Kier alpha value is -3.15. The van der Waals surface area contributed by atoms with Crippen LogP contribution in [0.1, 0.15) is 18.4 Å². The lowest BCUT2D eigenvalue weighted by molar-refractivity contribution is 0.887. The highest BCUT2D eigenvalue weighted by molar-refractivity contribution is 5.67. The van der Waals surface area contributed by atoms with E-state index in [1.807, 2.05) is 0 Å². The van der Waals surface area contributed by atoms with E-state index < -0.39 is 0 Å². The van der Waals surface area contributed by atoms with E-state index in [1.54, 1.807) is 6.20 Å². The van der Waals surface area contributed by atoms with E-state index in [4.69, 9.17) is 0 Å². The first-order valence-electron chi connectivity index (χ1n) is 9.54. The smallest absolute Gasteiger partial charge is 0.251 e. The van der Waals surface area contributed by atoms with E-state index in [0.717, 1.165) is 31.7 Å². The van der Waals surface area contributed by atoms with Gasteiger partial charge in [0.25, 0.3) is 5.95 Å². The zero-order chi connectivity index (χ0) is 18.1. The van der Waals surface area contributed by atoms with E-state index in [2.05, 4.69) is 78.8 Å². The fourth-order valence-corrected chi connectivity index (χ4v) is 3.89. The second-order valence-electron chi connectivity index (χ2n) is 7.04. The summed E-state index contributed by atoms with van der Waals surface area (Å²) in [5.74, 6) is 1.34. The highest BCUT2D eigenvalue weighted by atomic mass is 15.3. The van der Waals surface area contributed by atoms with E-state index in [9.17, 15) is 0 Å². The van der Waals surface area contributed by atoms with Crippen molar-refractivity contribution in [2.45, 2.75) is 19.3 Å². The summed E-state index contributed by atoms with van der Waals surface area (Å²) in [6, 6.07) is 16.9. The molecule has 0 amide bonds. The summed E-state index contributed by atoms with van der Waals surface area (Å²) in [6.45, 7) is 3.20. The number of rotatable bonds is 4. The number of para-hydroxylation sites is 1. The molecule has 2 aromatic carbocycles. The third kappa shape index (κ3) is 3.18. The Balaban J connectivity index is 1.34. The molecule has 0 bridgehead atoms. The Labute approximate surface area is 158 Å². The number of fused-ring (bicyclic) bond motifs is 1. The van der Waals surface area contributed by atoms with Crippen LogP contribution in [0, 0.1) is 0 Å². The number of hydrogen-bond donors (Lipinski definition) is 1. The molecule has 1 fully saturated rings. The summed E-state index contributed by atoms with van der Waals surface area (Å²) >= 11 is 0. The minimum absolute atomic E-state index is 0.638. The van der Waals surface area contributed by atoms with Crippen LogP contribution >= 0.6 is 0 Å². The first-order valence-corrected chi connectivity index (χ1v) is 9.54. The number of hydrogen-bond acceptors (Lipinski definition) is 6. The van der Waals surface area contributed by atoms with Gasteiger partial charge in [0.15, 0.2) is 5.82 Å². The molecule has 0 atom stereocenters. The van der Waals surface area contributed by atoms with E-state index in [1.165, 1.54) is 29.8 Å². The van der Waals surface area contributed by atoms with Crippen molar-refractivity contribution in [2.24, 2.45) is 0 Å². The average Bonchev–Trinajstić information content (AvgIpc) is 3.39. The van der Waals surface area contributed by atoms with Crippen molar-refractivity contribution in [1.82, 2.24) is 15.2 Å². The maximum atomic E-state index is 4.68. The molecule has 0 spiro atoms. The van der Waals surface area contributed by atoms with Crippen LogP contribution in [0.2, 0.25) is 0 Å². The van der Waals surface area contributed by atoms with Crippen molar-refractivity contribution < 1.29 is 0 Å². The number of benzene rings is 2. The van der Waals surface area contributed by atoms with Gasteiger partial charge in [-0.15, -0.1) is 5.10 Å². The standard InChI is InChI=1S/C21H22N6/c1-2-6-19-16(5-1)11-14-27(19)21-24-20(15-22-25-21)23-17-7-9-18(10-8-17)26-12-3-4-13-26/h1-2,5-10,15H,3-4,11-14H2,(H,23,24,25). The molecule has 27 heavy (non-hydrogen) atoms. The molecule has 2 aliphatic heterocycles. The zero-order valence-corrected chi connectivity index (χ0v) is 15.2. The summed E-state index contributed by atoms with van der Waals surface area (Å²) in [6.07, 6.45) is 5.25. The van der Waals surface area contributed by atoms with Gasteiger partial charge < -0.3 is 15.1 Å². The molecule has 0 radical (unpaired) electrons. The van der Waals surface area contributed by atoms with Gasteiger partial charge >= 0.3 is 0 Å². The fraction of sp³-hybridized carbons (Fsp3) is 0.286. The predicted molar refractivity (Wildman–Crippen MR) is 108 cm³/mol. The fourth-order valence-electron chi connectivity index (χ4n) is 3.89. The lowest BCUT2D eigenvalue weighted by atomic mass is 10.2. The maximum Gasteiger partial charge on any atom is 0.251 e. The second kappa shape index (κ2) is 6.87. The molecular weight excluding hydrogens is 336 g/mol. The molecule has 0 aliphatic carbocycles. The van der Waals surface area contributed by atoms with Crippen molar-refractivity contribution >= 4 is 28.8 Å². The van der Waals surface area contributed by atoms with Crippen LogP contribution in [0.15, 0.2) is 54.7 Å². The maximum absolute atomic E-state index is 4.68. The van der Waals surface area contributed by atoms with Crippen LogP contribution in [0.25, 0.3) is 0 Å². The molecule has 1 N–H and O–H groups in total. The Bertz CT molecular complexity index is 933. The van der Waals surface area contributed by atoms with Crippen molar-refractivity contribution in [3.63, 3.8) is 0 Å². The van der Waals surface area contributed by atoms with Crippen LogP contribution in [0.4, 0.5) is 28.8 Å². The number of aromatic nitrogens is 3. The molecule has 5 rings (SSSR count). The summed E-state index contributed by atoms with van der Waals surface area (Å²) in [5, 5.41) is 11.8. The van der Waals surface area contributed by atoms with Gasteiger partial charge in [-0.25, -0.2) is 0 Å². The molecule has 136 valence electrons. The van der Waals surface area contributed by atoms with Crippen molar-refractivity contribution in [1.29, 1.82) is 0 Å². The zero-order valence-electron chi connectivity index (χ0n) is 15.2. The quantitative estimate of drug-likeness (QED) is 0.763. The molecule has 3 aromatic rings. The Kier molecular flexibility index (Phi) is 4.08. The third-order valence-electron chi connectivity index (χ3n) is 5.29. The number of nitrogens with one attached hydrogen (secondary N) is 1. The van der Waals surface area contributed by atoms with Gasteiger partial charge in [-0.3, -0.25) is 0 Å². The molecular formula is C21H22N6. The molecule has 3 heterocycles. The highest BCUT2D eigenvalue weighted by Crippen LogP contribution is 2.32. The van der Waals surface area contributed by atoms with E-state index in [-0.39, 0.29) is 0 Å². The largest absolute Gasteiger partial charge is 0.372 e. The summed E-state index contributed by atoms with van der Waals surface area (Å²) in [4.78, 5) is 9.24. The van der Waals surface area contributed by atoms with Crippen LogP contribution in [0.3, 0.4) is 0 Å². The Morgan fingerprint density at radius 2 is 1.70 bits per heavy atom. The Morgan fingerprint density at radius 3 is 2.56 bits per heavy atom. The topological polar surface area (TPSA) is 57.2 Å². The lowest BCUT2D eigenvalue weighted by Gasteiger charge is -2.18. The van der Waals surface area contributed by atoms with Gasteiger partial charge in [0.2, 0.25) is 0 Å². The van der Waals surface area contributed by atoms with Gasteiger partial charge in [0.1, 0.15) is 0 Å².